The van der Waals surface area contributed by atoms with Crippen molar-refractivity contribution >= 4 is 12.2 Å². The number of benzene rings is 12. The zero-order chi connectivity index (χ0) is 71.1. The van der Waals surface area contributed by atoms with E-state index in [1.54, 1.807) is 97.1 Å². The highest BCUT2D eigenvalue weighted by atomic mass is 16.5. The average Bonchev–Trinajstić information content (AvgIpc) is 1.52. The van der Waals surface area contributed by atoms with Gasteiger partial charge in [-0.25, -0.2) is 0 Å². The first kappa shape index (κ1) is 63.2. The maximum atomic E-state index is 13.1. The number of ether oxygens (including phenoxy) is 3. The Morgan fingerprint density at radius 2 is 0.641 bits per heavy atom. The third-order valence-corrected chi connectivity index (χ3v) is 21.3. The summed E-state index contributed by atoms with van der Waals surface area (Å²) in [6.45, 7) is 0. The molecule has 12 aromatic rings. The monoisotopic (exact) mass is 1370 g/mol. The molecule has 0 amide bonds. The van der Waals surface area contributed by atoms with Crippen LogP contribution in [0.5, 0.6) is 103 Å². The molecule has 17 rings (SSSR count). The van der Waals surface area contributed by atoms with Crippen molar-refractivity contribution in [2.24, 2.45) is 0 Å². The Kier molecular flexibility index (Phi) is 14.7. The van der Waals surface area contributed by atoms with Crippen molar-refractivity contribution in [2.45, 2.75) is 66.2 Å². The van der Waals surface area contributed by atoms with Gasteiger partial charge in [0, 0.05) is 99.4 Å². The summed E-state index contributed by atoms with van der Waals surface area (Å²) in [4.78, 5) is 0. The molecule has 10 atom stereocenters. The Morgan fingerprint density at radius 1 is 0.243 bits per heavy atom. The lowest BCUT2D eigenvalue weighted by Gasteiger charge is -2.34. The molecule has 18 nitrogen and oxygen atoms in total. The van der Waals surface area contributed by atoms with E-state index in [1.807, 2.05) is 12.2 Å². The lowest BCUT2D eigenvalue weighted by atomic mass is 9.68. The fourth-order valence-corrected chi connectivity index (χ4v) is 17.1. The third kappa shape index (κ3) is 10.5. The highest BCUT2D eigenvalue weighted by molar-refractivity contribution is 5.81. The van der Waals surface area contributed by atoms with Crippen LogP contribution in [0.4, 0.5) is 0 Å². The Balaban J connectivity index is 0.859. The smallest absolute Gasteiger partial charge is 0.135 e. The third-order valence-electron chi connectivity index (χ3n) is 21.3. The molecule has 3 aliphatic heterocycles. The molecule has 5 aliphatic rings. The predicted molar refractivity (Wildman–Crippen MR) is 379 cm³/mol. The largest absolute Gasteiger partial charge is 0.508 e. The topological polar surface area (TPSA) is 331 Å². The van der Waals surface area contributed by atoms with E-state index in [-0.39, 0.29) is 91.4 Å². The summed E-state index contributed by atoms with van der Waals surface area (Å²) >= 11 is 0. The van der Waals surface area contributed by atoms with Crippen molar-refractivity contribution in [2.75, 3.05) is 0 Å². The highest BCUT2D eigenvalue weighted by Crippen LogP contribution is 2.72. The molecule has 0 fully saturated rings. The number of hydrogen-bond donors (Lipinski definition) is 15. The fraction of sp³-hybridized carbons (Fsp3) is 0.129. The lowest BCUT2D eigenvalue weighted by Crippen LogP contribution is -2.21. The molecule has 0 unspecified atom stereocenters. The highest BCUT2D eigenvalue weighted by Gasteiger charge is 2.57. The summed E-state index contributed by atoms with van der Waals surface area (Å²) in [5, 5.41) is 174. The van der Waals surface area contributed by atoms with Gasteiger partial charge in [0.2, 0.25) is 0 Å². The number of rotatable bonds is 12. The van der Waals surface area contributed by atoms with Gasteiger partial charge < -0.3 is 90.8 Å². The first-order valence-corrected chi connectivity index (χ1v) is 33.4. The average molecular weight is 1370 g/mol. The van der Waals surface area contributed by atoms with Crippen molar-refractivity contribution in [3.05, 3.63) is 318 Å². The second-order valence-corrected chi connectivity index (χ2v) is 27.2. The quantitative estimate of drug-likeness (QED) is 0.0505. The van der Waals surface area contributed by atoms with Crippen molar-refractivity contribution in [1.82, 2.24) is 0 Å². The molecule has 103 heavy (non-hydrogen) atoms. The minimum absolute atomic E-state index is 0.00599. The molecule has 0 bridgehead atoms. The second-order valence-electron chi connectivity index (χ2n) is 27.2. The number of phenolic OH excluding ortho intramolecular Hbond substituents is 15. The van der Waals surface area contributed by atoms with Crippen LogP contribution in [-0.2, 0) is 6.42 Å². The molecule has 0 saturated heterocycles. The van der Waals surface area contributed by atoms with Crippen LogP contribution < -0.4 is 14.2 Å². The van der Waals surface area contributed by atoms with E-state index in [0.717, 1.165) is 6.07 Å². The zero-order valence-corrected chi connectivity index (χ0v) is 54.3. The summed E-state index contributed by atoms with van der Waals surface area (Å²) in [7, 11) is 0. The molecule has 0 aromatic heterocycles. The molecule has 2 aliphatic carbocycles. The minimum Gasteiger partial charge on any atom is -0.508 e. The van der Waals surface area contributed by atoms with Crippen LogP contribution >= 0.6 is 0 Å². The summed E-state index contributed by atoms with van der Waals surface area (Å²) in [6.07, 6.45) is 0.651. The molecule has 15 N–H and O–H groups in total. The van der Waals surface area contributed by atoms with Gasteiger partial charge in [-0.15, -0.1) is 0 Å². The van der Waals surface area contributed by atoms with Crippen LogP contribution in [0.2, 0.25) is 0 Å². The SMILES string of the molecule is Oc1ccc(/C=C/c2c3c(cc4c2[C@H](c2cc(O)c(Cc5c(O)cc(O)cc5[C@@H]5c6c(O)cc7c8c6[C@H]([C@@H](c6ccc(O)cc6)c6c(O)cc(O)cc6[C@@H]8[C@@H](c6ccc(O)cc6)O7)[C@H]5c5ccc(O)cc5)c(O)c2)[C@@H](c2ccc(O)cc2)O4)O[C@H](c2ccc(O)cc2)[C@H]3c2cc(O)cc(O)c2)cc1. The van der Waals surface area contributed by atoms with Gasteiger partial charge in [0.1, 0.15) is 122 Å². The van der Waals surface area contributed by atoms with Gasteiger partial charge in [-0.05, 0) is 176 Å². The first-order valence-electron chi connectivity index (χ1n) is 33.4. The van der Waals surface area contributed by atoms with Crippen LogP contribution in [0.1, 0.15) is 165 Å². The molecule has 3 heterocycles. The summed E-state index contributed by atoms with van der Waals surface area (Å²) < 4.78 is 21.0. The number of phenols is 15. The fourth-order valence-electron chi connectivity index (χ4n) is 17.1. The van der Waals surface area contributed by atoms with Crippen molar-refractivity contribution in [3.63, 3.8) is 0 Å². The maximum absolute atomic E-state index is 13.1. The van der Waals surface area contributed by atoms with Gasteiger partial charge in [-0.3, -0.25) is 0 Å². The molecular weight excluding hydrogens is 1310 g/mol. The number of fused-ring (bicyclic) bond motifs is 4. The predicted octanol–water partition coefficient (Wildman–Crippen LogP) is 16.0. The molecule has 0 saturated carbocycles. The van der Waals surface area contributed by atoms with Gasteiger partial charge in [0.25, 0.3) is 0 Å². The molecule has 0 radical (unpaired) electrons. The summed E-state index contributed by atoms with van der Waals surface area (Å²) in [5.74, 6) is -8.21. The summed E-state index contributed by atoms with van der Waals surface area (Å²) in [5.41, 5.74) is 8.85. The zero-order valence-electron chi connectivity index (χ0n) is 54.3. The van der Waals surface area contributed by atoms with Gasteiger partial charge in [0.15, 0.2) is 0 Å². The van der Waals surface area contributed by atoms with Crippen molar-refractivity contribution in [3.8, 4) is 103 Å². The number of hydrogen-bond acceptors (Lipinski definition) is 18. The second kappa shape index (κ2) is 24.0. The number of aromatic hydroxyl groups is 15. The molecule has 12 aromatic carbocycles. The van der Waals surface area contributed by atoms with E-state index in [1.165, 1.54) is 109 Å². The van der Waals surface area contributed by atoms with Crippen LogP contribution in [0.25, 0.3) is 12.2 Å². The van der Waals surface area contributed by atoms with Crippen molar-refractivity contribution < 1.29 is 90.8 Å². The van der Waals surface area contributed by atoms with E-state index in [2.05, 4.69) is 0 Å². The van der Waals surface area contributed by atoms with Gasteiger partial charge >= 0.3 is 0 Å². The Morgan fingerprint density at radius 3 is 1.15 bits per heavy atom. The van der Waals surface area contributed by atoms with E-state index in [4.69, 9.17) is 14.2 Å². The minimum atomic E-state index is -1.07. The van der Waals surface area contributed by atoms with E-state index in [9.17, 15) is 76.6 Å². The Hall–Kier alpha value is -13.2. The maximum Gasteiger partial charge on any atom is 0.135 e. The van der Waals surface area contributed by atoms with Crippen LogP contribution in [0.3, 0.4) is 0 Å². The van der Waals surface area contributed by atoms with Crippen LogP contribution in [0.15, 0.2) is 212 Å². The van der Waals surface area contributed by atoms with E-state index >= 15 is 0 Å². The Labute approximate surface area is 587 Å². The normalized spacial score (nSPS) is 20.9. The standard InChI is InChI=1S/C85H64O18/c86-47-14-1-39(2-15-47)3-26-57-75-68(102-83(42-8-20-50(89)21-9-42)72(75)45-27-53(92)31-54(93)28-45)38-69-76(57)73(84(103-69)43-10-22-51(90)23-11-43)46-29-62(96)60(63(97)30-46)36-58-59(32-55(94)34-64(58)98)77-71(41-6-18-49(88)19-7-41)81-70(40-4-16-48(87)17-5-40)74-61(33-56(95)35-65(74)99)78-80-67(37-66(100)79(77)82(80)81)101-85(78)44-12-24-52(91)25-13-44/h1-35,37-38,70-73,77-78,81,83-100H,36H2/b26-3+/t70-,71-,72-,73-,77-,78-,81+,83+,84+,85+/m0/s1. The van der Waals surface area contributed by atoms with E-state index in [0.29, 0.717) is 101 Å². The van der Waals surface area contributed by atoms with Gasteiger partial charge in [-0.1, -0.05) is 84.9 Å². The summed E-state index contributed by atoms with van der Waals surface area (Å²) in [6, 6.07) is 54.9. The van der Waals surface area contributed by atoms with Gasteiger partial charge in [0.05, 0.1) is 17.8 Å². The molecule has 0 spiro atoms. The van der Waals surface area contributed by atoms with E-state index < -0.39 is 83.4 Å². The van der Waals surface area contributed by atoms with Crippen molar-refractivity contribution in [1.29, 1.82) is 0 Å². The van der Waals surface area contributed by atoms with Crippen LogP contribution in [0, 0.1) is 0 Å². The molecule has 512 valence electrons. The van der Waals surface area contributed by atoms with Gasteiger partial charge in [-0.2, -0.15) is 0 Å². The first-order chi connectivity index (χ1) is 49.7. The van der Waals surface area contributed by atoms with Crippen LogP contribution in [-0.4, -0.2) is 76.6 Å². The molecular formula is C85H64O18. The molecule has 18 heteroatoms. The Bertz CT molecular complexity index is 5400. The lowest BCUT2D eigenvalue weighted by molar-refractivity contribution is 0.212.